The Morgan fingerprint density at radius 1 is 0.900 bits per heavy atom. The number of allylic oxidation sites excluding steroid dienone is 1. The van der Waals surface area contributed by atoms with Gasteiger partial charge in [-0.15, -0.1) is 11.8 Å². The minimum atomic E-state index is -0.0396. The molecule has 0 saturated heterocycles. The highest BCUT2D eigenvalue weighted by molar-refractivity contribution is 8.03. The number of benzene rings is 2. The van der Waals surface area contributed by atoms with Crippen LogP contribution in [-0.4, -0.2) is 30.4 Å². The van der Waals surface area contributed by atoms with E-state index in [0.717, 1.165) is 41.4 Å². The van der Waals surface area contributed by atoms with Crippen LogP contribution in [0.2, 0.25) is 0 Å². The first-order chi connectivity index (χ1) is 19.6. The molecule has 0 aromatic heterocycles. The van der Waals surface area contributed by atoms with E-state index in [-0.39, 0.29) is 12.3 Å². The lowest BCUT2D eigenvalue weighted by molar-refractivity contribution is -0.115. The van der Waals surface area contributed by atoms with E-state index in [2.05, 4.69) is 36.3 Å². The number of carbonyl (C=O) groups is 1. The Morgan fingerprint density at radius 3 is 2.23 bits per heavy atom. The second kappa shape index (κ2) is 18.7. The molecule has 1 N–H and O–H groups in total. The van der Waals surface area contributed by atoms with E-state index in [4.69, 9.17) is 9.47 Å². The van der Waals surface area contributed by atoms with Crippen LogP contribution in [0.25, 0.3) is 0 Å². The third-order valence-electron chi connectivity index (χ3n) is 7.34. The van der Waals surface area contributed by atoms with Gasteiger partial charge in [0.15, 0.2) is 11.5 Å². The lowest BCUT2D eigenvalue weighted by Gasteiger charge is -2.18. The van der Waals surface area contributed by atoms with Crippen LogP contribution in [0.15, 0.2) is 53.6 Å². The molecule has 5 nitrogen and oxygen atoms in total. The summed E-state index contributed by atoms with van der Waals surface area (Å²) in [6, 6.07) is 13.8. The van der Waals surface area contributed by atoms with Gasteiger partial charge >= 0.3 is 0 Å². The van der Waals surface area contributed by atoms with Crippen LogP contribution in [0, 0.1) is 0 Å². The second-order valence-corrected chi connectivity index (χ2v) is 12.1. The molecule has 0 bridgehead atoms. The number of methoxy groups -OCH3 is 1. The Labute approximate surface area is 247 Å². The fraction of sp³-hybridized carbons (Fsp3) is 0.559. The van der Waals surface area contributed by atoms with Crippen molar-refractivity contribution >= 4 is 23.4 Å². The number of hydrogen-bond acceptors (Lipinski definition) is 5. The van der Waals surface area contributed by atoms with Crippen LogP contribution in [-0.2, 0) is 17.8 Å². The van der Waals surface area contributed by atoms with Crippen LogP contribution in [0.1, 0.15) is 102 Å². The van der Waals surface area contributed by atoms with Gasteiger partial charge < -0.3 is 19.7 Å². The normalized spacial score (nSPS) is 12.9. The second-order valence-electron chi connectivity index (χ2n) is 10.9. The van der Waals surface area contributed by atoms with Gasteiger partial charge in [-0.2, -0.15) is 0 Å². The number of hydrogen-bond donors (Lipinski definition) is 1. The summed E-state index contributed by atoms with van der Waals surface area (Å²) in [6.45, 7) is 5.87. The molecular formula is C34H50N2O3S. The van der Waals surface area contributed by atoms with E-state index in [1.54, 1.807) is 7.11 Å². The maximum atomic E-state index is 12.9. The maximum absolute atomic E-state index is 12.9. The molecule has 0 spiro atoms. The number of para-hydroxylation sites is 1. The van der Waals surface area contributed by atoms with Gasteiger partial charge in [0.1, 0.15) is 0 Å². The van der Waals surface area contributed by atoms with E-state index in [1.807, 2.05) is 48.2 Å². The summed E-state index contributed by atoms with van der Waals surface area (Å²) in [5, 5.41) is 3.11. The minimum Gasteiger partial charge on any atom is -0.493 e. The fourth-order valence-corrected chi connectivity index (χ4v) is 5.81. The van der Waals surface area contributed by atoms with Crippen LogP contribution >= 0.6 is 11.8 Å². The first-order valence-corrected chi connectivity index (χ1v) is 16.3. The van der Waals surface area contributed by atoms with E-state index >= 15 is 0 Å². The number of thioether (sulfide) groups is 1. The smallest absolute Gasteiger partial charge is 0.228 e. The predicted molar refractivity (Wildman–Crippen MR) is 170 cm³/mol. The van der Waals surface area contributed by atoms with Gasteiger partial charge in [-0.1, -0.05) is 102 Å². The minimum absolute atomic E-state index is 0.0396. The SMILES string of the molecule is CCCCCCCCCCCCCCOc1ccc(CC(=O)Nc2ccccc2CN2C=C(C)SC2)cc1OC. The molecule has 0 fully saturated rings. The van der Waals surface area contributed by atoms with E-state index in [0.29, 0.717) is 12.4 Å². The highest BCUT2D eigenvalue weighted by Crippen LogP contribution is 2.30. The molecule has 1 heterocycles. The quantitative estimate of drug-likeness (QED) is 0.162. The number of nitrogens with one attached hydrogen (secondary N) is 1. The summed E-state index contributed by atoms with van der Waals surface area (Å²) in [5.74, 6) is 2.33. The van der Waals surface area contributed by atoms with E-state index < -0.39 is 0 Å². The van der Waals surface area contributed by atoms with Crippen molar-refractivity contribution < 1.29 is 14.3 Å². The van der Waals surface area contributed by atoms with Gasteiger partial charge in [0.2, 0.25) is 5.91 Å². The first kappa shape index (κ1) is 31.9. The molecule has 0 unspecified atom stereocenters. The van der Waals surface area contributed by atoms with Gasteiger partial charge in [0.05, 0.1) is 26.0 Å². The number of unbranched alkanes of at least 4 members (excludes halogenated alkanes) is 11. The summed E-state index contributed by atoms with van der Waals surface area (Å²) in [5.41, 5.74) is 2.88. The molecule has 40 heavy (non-hydrogen) atoms. The van der Waals surface area contributed by atoms with Crippen molar-refractivity contribution in [3.8, 4) is 11.5 Å². The number of nitrogens with zero attached hydrogens (tertiary/aromatic N) is 1. The zero-order valence-corrected chi connectivity index (χ0v) is 25.8. The van der Waals surface area contributed by atoms with Crippen molar-refractivity contribution in [3.63, 3.8) is 0 Å². The number of carbonyl (C=O) groups excluding carboxylic acids is 1. The molecule has 0 aliphatic carbocycles. The molecule has 0 radical (unpaired) electrons. The lowest BCUT2D eigenvalue weighted by Crippen LogP contribution is -2.18. The molecule has 2 aromatic rings. The van der Waals surface area contributed by atoms with Gasteiger partial charge in [-0.25, -0.2) is 0 Å². The van der Waals surface area contributed by atoms with Crippen molar-refractivity contribution in [3.05, 3.63) is 64.7 Å². The summed E-state index contributed by atoms with van der Waals surface area (Å²) in [4.78, 5) is 16.5. The van der Waals surface area contributed by atoms with Crippen molar-refractivity contribution in [2.45, 2.75) is 104 Å². The highest BCUT2D eigenvalue weighted by Gasteiger charge is 2.14. The molecule has 3 rings (SSSR count). The van der Waals surface area contributed by atoms with Gasteiger partial charge in [0.25, 0.3) is 0 Å². The molecule has 1 amide bonds. The Kier molecular flexibility index (Phi) is 14.9. The zero-order chi connectivity index (χ0) is 28.4. The van der Waals surface area contributed by atoms with Crippen molar-refractivity contribution in [1.82, 2.24) is 4.90 Å². The summed E-state index contributed by atoms with van der Waals surface area (Å²) in [6.07, 6.45) is 18.4. The Morgan fingerprint density at radius 2 is 1.57 bits per heavy atom. The molecule has 1 aliphatic rings. The molecule has 0 atom stereocenters. The average molecular weight is 567 g/mol. The molecule has 220 valence electrons. The highest BCUT2D eigenvalue weighted by atomic mass is 32.2. The van der Waals surface area contributed by atoms with Crippen LogP contribution in [0.5, 0.6) is 11.5 Å². The Balaban J connectivity index is 1.35. The summed E-state index contributed by atoms with van der Waals surface area (Å²) < 4.78 is 11.6. The third kappa shape index (κ3) is 11.9. The average Bonchev–Trinajstić information content (AvgIpc) is 3.37. The predicted octanol–water partition coefficient (Wildman–Crippen LogP) is 9.32. The fourth-order valence-electron chi connectivity index (χ4n) is 5.05. The van der Waals surface area contributed by atoms with Gasteiger partial charge in [0, 0.05) is 18.4 Å². The van der Waals surface area contributed by atoms with Gasteiger partial charge in [-0.3, -0.25) is 4.79 Å². The Hall–Kier alpha value is -2.60. The number of anilines is 1. The van der Waals surface area contributed by atoms with Crippen LogP contribution < -0.4 is 14.8 Å². The van der Waals surface area contributed by atoms with Crippen LogP contribution in [0.3, 0.4) is 0 Å². The van der Waals surface area contributed by atoms with Crippen molar-refractivity contribution in [2.75, 3.05) is 24.9 Å². The molecular weight excluding hydrogens is 516 g/mol. The molecule has 0 saturated carbocycles. The molecule has 2 aromatic carbocycles. The van der Waals surface area contributed by atoms with E-state index in [9.17, 15) is 4.79 Å². The monoisotopic (exact) mass is 566 g/mol. The van der Waals surface area contributed by atoms with Crippen molar-refractivity contribution in [2.24, 2.45) is 0 Å². The van der Waals surface area contributed by atoms with Gasteiger partial charge in [-0.05, 0) is 47.6 Å². The van der Waals surface area contributed by atoms with Crippen LogP contribution in [0.4, 0.5) is 5.69 Å². The molecule has 1 aliphatic heterocycles. The number of rotatable bonds is 20. The number of ether oxygens (including phenoxy) is 2. The van der Waals surface area contributed by atoms with Crippen molar-refractivity contribution in [1.29, 1.82) is 0 Å². The standard InChI is InChI=1S/C34H50N2O3S/c1-4-5-6-7-8-9-10-11-12-13-14-17-22-39-32-21-20-29(23-33(32)38-3)24-34(37)35-31-19-16-15-18-30(31)26-36-25-28(2)40-27-36/h15-16,18-21,23,25H,4-14,17,22,24,26-27H2,1-3H3,(H,35,37). The Bertz CT molecular complexity index is 1060. The third-order valence-corrected chi connectivity index (χ3v) is 8.36. The maximum Gasteiger partial charge on any atom is 0.228 e. The lowest BCUT2D eigenvalue weighted by atomic mass is 10.1. The summed E-state index contributed by atoms with van der Waals surface area (Å²) >= 11 is 1.84. The topological polar surface area (TPSA) is 50.8 Å². The zero-order valence-electron chi connectivity index (χ0n) is 25.0. The molecule has 6 heteroatoms. The van der Waals surface area contributed by atoms with E-state index in [1.165, 1.54) is 75.5 Å². The first-order valence-electron chi connectivity index (χ1n) is 15.3. The number of amides is 1. The summed E-state index contributed by atoms with van der Waals surface area (Å²) in [7, 11) is 1.65. The largest absolute Gasteiger partial charge is 0.493 e.